The van der Waals surface area contributed by atoms with E-state index in [0.29, 0.717) is 17.0 Å². The first-order chi connectivity index (χ1) is 8.31. The molecule has 2 heterocycles. The summed E-state index contributed by atoms with van der Waals surface area (Å²) in [4.78, 5) is 18.1. The van der Waals surface area contributed by atoms with Crippen LogP contribution in [-0.2, 0) is 4.79 Å². The Labute approximate surface area is 105 Å². The number of aromatic nitrogens is 3. The van der Waals surface area contributed by atoms with Crippen molar-refractivity contribution in [1.29, 1.82) is 0 Å². The third-order valence-corrected chi connectivity index (χ3v) is 4.01. The number of hydrogen-bond acceptors (Lipinski definition) is 4. The van der Waals surface area contributed by atoms with Crippen molar-refractivity contribution in [1.82, 2.24) is 20.1 Å². The van der Waals surface area contributed by atoms with Crippen LogP contribution in [0.2, 0.25) is 0 Å². The highest BCUT2D eigenvalue weighted by Gasteiger charge is 2.25. The molecular weight excluding hydrogens is 236 g/mol. The van der Waals surface area contributed by atoms with Crippen LogP contribution in [0.25, 0.3) is 0 Å². The monoisotopic (exact) mass is 254 g/mol. The Morgan fingerprint density at radius 2 is 2.53 bits per heavy atom. The van der Waals surface area contributed by atoms with E-state index >= 15 is 0 Å². The van der Waals surface area contributed by atoms with E-state index in [1.54, 1.807) is 0 Å². The second kappa shape index (κ2) is 6.05. The topological polar surface area (TPSA) is 61.9 Å². The van der Waals surface area contributed by atoms with E-state index in [1.165, 1.54) is 24.5 Å². The first-order valence-electron chi connectivity index (χ1n) is 6.09. The third kappa shape index (κ3) is 3.21. The lowest BCUT2D eigenvalue weighted by Gasteiger charge is -2.35. The third-order valence-electron chi connectivity index (χ3n) is 3.14. The lowest BCUT2D eigenvalue weighted by Crippen LogP contribution is -2.44. The van der Waals surface area contributed by atoms with Gasteiger partial charge in [0.25, 0.3) is 0 Å². The number of rotatable bonds is 4. The molecule has 2 rings (SSSR count). The Hall–Kier alpha value is -1.04. The summed E-state index contributed by atoms with van der Waals surface area (Å²) >= 11 is 1.42. The number of hydrogen-bond donors (Lipinski definition) is 1. The molecule has 17 heavy (non-hydrogen) atoms. The van der Waals surface area contributed by atoms with Gasteiger partial charge in [0.15, 0.2) is 5.16 Å². The van der Waals surface area contributed by atoms with Crippen LogP contribution in [0, 0.1) is 0 Å². The molecule has 94 valence electrons. The van der Waals surface area contributed by atoms with E-state index in [1.807, 2.05) is 4.90 Å². The average Bonchev–Trinajstić information content (AvgIpc) is 2.89. The van der Waals surface area contributed by atoms with Crippen molar-refractivity contribution in [3.05, 3.63) is 6.33 Å². The van der Waals surface area contributed by atoms with Crippen molar-refractivity contribution in [3.8, 4) is 0 Å². The molecule has 1 aliphatic heterocycles. The number of likely N-dealkylation sites (tertiary alicyclic amines) is 1. The summed E-state index contributed by atoms with van der Waals surface area (Å²) in [7, 11) is 0. The first-order valence-corrected chi connectivity index (χ1v) is 7.07. The molecule has 0 bridgehead atoms. The molecular formula is C11H18N4OS. The van der Waals surface area contributed by atoms with Crippen LogP contribution >= 0.6 is 11.8 Å². The summed E-state index contributed by atoms with van der Waals surface area (Å²) in [6.07, 6.45) is 6.04. The van der Waals surface area contributed by atoms with Gasteiger partial charge in [-0.3, -0.25) is 9.89 Å². The Morgan fingerprint density at radius 1 is 1.65 bits per heavy atom. The number of nitrogens with one attached hydrogen (secondary N) is 1. The number of piperidine rings is 1. The molecule has 1 saturated heterocycles. The average molecular weight is 254 g/mol. The minimum Gasteiger partial charge on any atom is -0.339 e. The molecule has 1 amide bonds. The van der Waals surface area contributed by atoms with Gasteiger partial charge in [-0.05, 0) is 25.7 Å². The standard InChI is InChI=1S/C11H18N4OS/c1-2-9-5-3-4-6-15(9)10(16)7-17-11-12-8-13-14-11/h8-9H,2-7H2,1H3,(H,12,13,14). The predicted octanol–water partition coefficient (Wildman–Crippen LogP) is 1.69. The molecule has 5 nitrogen and oxygen atoms in total. The Balaban J connectivity index is 1.85. The smallest absolute Gasteiger partial charge is 0.233 e. The minimum atomic E-state index is 0.220. The summed E-state index contributed by atoms with van der Waals surface area (Å²) < 4.78 is 0. The largest absolute Gasteiger partial charge is 0.339 e. The van der Waals surface area contributed by atoms with Crippen molar-refractivity contribution in [2.24, 2.45) is 0 Å². The number of carbonyl (C=O) groups excluding carboxylic acids is 1. The lowest BCUT2D eigenvalue weighted by atomic mass is 10.0. The van der Waals surface area contributed by atoms with Gasteiger partial charge in [0, 0.05) is 12.6 Å². The summed E-state index contributed by atoms with van der Waals surface area (Å²) in [5.74, 6) is 0.670. The summed E-state index contributed by atoms with van der Waals surface area (Å²) in [6, 6.07) is 0.437. The lowest BCUT2D eigenvalue weighted by molar-refractivity contribution is -0.132. The van der Waals surface area contributed by atoms with Gasteiger partial charge in [0.05, 0.1) is 5.75 Å². The van der Waals surface area contributed by atoms with Crippen molar-refractivity contribution in [2.45, 2.75) is 43.8 Å². The van der Waals surface area contributed by atoms with Gasteiger partial charge in [-0.1, -0.05) is 18.7 Å². The number of amides is 1. The van der Waals surface area contributed by atoms with E-state index in [2.05, 4.69) is 22.1 Å². The van der Waals surface area contributed by atoms with E-state index in [4.69, 9.17) is 0 Å². The first kappa shape index (κ1) is 12.4. The zero-order chi connectivity index (χ0) is 12.1. The predicted molar refractivity (Wildman–Crippen MR) is 66.7 cm³/mol. The van der Waals surface area contributed by atoms with E-state index < -0.39 is 0 Å². The molecule has 0 radical (unpaired) electrons. The van der Waals surface area contributed by atoms with Gasteiger partial charge in [0.1, 0.15) is 6.33 Å². The SMILES string of the molecule is CCC1CCCCN1C(=O)CSc1ncn[nH]1. The number of carbonyl (C=O) groups is 1. The van der Waals surface area contributed by atoms with Gasteiger partial charge in [0.2, 0.25) is 5.91 Å². The molecule has 0 aromatic carbocycles. The van der Waals surface area contributed by atoms with Gasteiger partial charge >= 0.3 is 0 Å². The molecule has 1 aromatic rings. The van der Waals surface area contributed by atoms with Gasteiger partial charge < -0.3 is 4.90 Å². The molecule has 1 fully saturated rings. The van der Waals surface area contributed by atoms with Crippen LogP contribution in [0.1, 0.15) is 32.6 Å². The van der Waals surface area contributed by atoms with E-state index in [-0.39, 0.29) is 5.91 Å². The van der Waals surface area contributed by atoms with Crippen LogP contribution in [-0.4, -0.2) is 44.3 Å². The summed E-state index contributed by atoms with van der Waals surface area (Å²) in [5, 5.41) is 7.23. The van der Waals surface area contributed by atoms with E-state index in [9.17, 15) is 4.79 Å². The highest BCUT2D eigenvalue weighted by Crippen LogP contribution is 2.21. The van der Waals surface area contributed by atoms with Crippen LogP contribution in [0.15, 0.2) is 11.5 Å². The van der Waals surface area contributed by atoms with Crippen LogP contribution < -0.4 is 0 Å². The number of H-pyrrole nitrogens is 1. The zero-order valence-corrected chi connectivity index (χ0v) is 10.9. The van der Waals surface area contributed by atoms with E-state index in [0.717, 1.165) is 25.8 Å². The fourth-order valence-electron chi connectivity index (χ4n) is 2.23. The molecule has 1 unspecified atom stereocenters. The molecule has 1 N–H and O–H groups in total. The Kier molecular flexibility index (Phi) is 4.42. The maximum atomic E-state index is 12.1. The quantitative estimate of drug-likeness (QED) is 0.831. The number of thioether (sulfide) groups is 1. The number of aromatic amines is 1. The summed E-state index contributed by atoms with van der Waals surface area (Å²) in [5.41, 5.74) is 0. The molecule has 1 aromatic heterocycles. The zero-order valence-electron chi connectivity index (χ0n) is 10.1. The highest BCUT2D eigenvalue weighted by molar-refractivity contribution is 7.99. The molecule has 1 atom stereocenters. The van der Waals surface area contributed by atoms with Crippen molar-refractivity contribution < 1.29 is 4.79 Å². The van der Waals surface area contributed by atoms with Crippen molar-refractivity contribution >= 4 is 17.7 Å². The highest BCUT2D eigenvalue weighted by atomic mass is 32.2. The van der Waals surface area contributed by atoms with Gasteiger partial charge in [-0.2, -0.15) is 5.10 Å². The van der Waals surface area contributed by atoms with Crippen molar-refractivity contribution in [2.75, 3.05) is 12.3 Å². The Morgan fingerprint density at radius 3 is 3.24 bits per heavy atom. The van der Waals surface area contributed by atoms with Crippen LogP contribution in [0.3, 0.4) is 0 Å². The van der Waals surface area contributed by atoms with Crippen LogP contribution in [0.4, 0.5) is 0 Å². The fourth-order valence-corrected chi connectivity index (χ4v) is 2.90. The number of nitrogens with zero attached hydrogens (tertiary/aromatic N) is 3. The second-order valence-electron chi connectivity index (χ2n) is 4.22. The molecule has 6 heteroatoms. The van der Waals surface area contributed by atoms with Crippen molar-refractivity contribution in [3.63, 3.8) is 0 Å². The maximum Gasteiger partial charge on any atom is 0.233 e. The molecule has 0 aliphatic carbocycles. The molecule has 0 saturated carbocycles. The second-order valence-corrected chi connectivity index (χ2v) is 5.19. The van der Waals surface area contributed by atoms with Crippen LogP contribution in [0.5, 0.6) is 0 Å². The molecule has 0 spiro atoms. The van der Waals surface area contributed by atoms with Gasteiger partial charge in [-0.25, -0.2) is 4.98 Å². The molecule has 1 aliphatic rings. The normalized spacial score (nSPS) is 20.5. The minimum absolute atomic E-state index is 0.220. The Bertz CT molecular complexity index is 354. The fraction of sp³-hybridized carbons (Fsp3) is 0.727. The summed E-state index contributed by atoms with van der Waals surface area (Å²) in [6.45, 7) is 3.06. The van der Waals surface area contributed by atoms with Gasteiger partial charge in [-0.15, -0.1) is 0 Å². The maximum absolute atomic E-state index is 12.1.